The first-order chi connectivity index (χ1) is 14.2. The van der Waals surface area contributed by atoms with Crippen LogP contribution in [-0.2, 0) is 6.54 Å². The highest BCUT2D eigenvalue weighted by atomic mass is 16.5. The van der Waals surface area contributed by atoms with E-state index in [0.29, 0.717) is 6.10 Å². The highest BCUT2D eigenvalue weighted by molar-refractivity contribution is 5.56. The van der Waals surface area contributed by atoms with E-state index >= 15 is 0 Å². The van der Waals surface area contributed by atoms with E-state index in [4.69, 9.17) is 14.2 Å². The molecule has 156 valence electrons. The molecule has 0 bridgehead atoms. The number of ether oxygens (including phenoxy) is 3. The van der Waals surface area contributed by atoms with Gasteiger partial charge in [0.2, 0.25) is 0 Å². The van der Waals surface area contributed by atoms with Gasteiger partial charge in [0.05, 0.1) is 20.3 Å². The summed E-state index contributed by atoms with van der Waals surface area (Å²) in [4.78, 5) is 4.95. The minimum absolute atomic E-state index is 0.332. The van der Waals surface area contributed by atoms with E-state index < -0.39 is 0 Å². The Morgan fingerprint density at radius 3 is 2.38 bits per heavy atom. The summed E-state index contributed by atoms with van der Waals surface area (Å²) in [5.41, 5.74) is 2.52. The average Bonchev–Trinajstić information content (AvgIpc) is 3.27. The first-order valence-electron chi connectivity index (χ1n) is 10.7. The topological polar surface area (TPSA) is 34.2 Å². The Kier molecular flexibility index (Phi) is 6.45. The maximum atomic E-state index is 6.28. The van der Waals surface area contributed by atoms with E-state index in [-0.39, 0.29) is 0 Å². The van der Waals surface area contributed by atoms with E-state index in [1.807, 2.05) is 12.1 Å². The normalized spacial score (nSPS) is 18.1. The Bertz CT molecular complexity index is 796. The minimum Gasteiger partial charge on any atom is -0.497 e. The number of methoxy groups -OCH3 is 2. The third-order valence-corrected chi connectivity index (χ3v) is 6.02. The van der Waals surface area contributed by atoms with Gasteiger partial charge in [-0.25, -0.2) is 0 Å². The lowest BCUT2D eigenvalue weighted by Crippen LogP contribution is -2.45. The van der Waals surface area contributed by atoms with E-state index in [1.165, 1.54) is 24.1 Å². The van der Waals surface area contributed by atoms with Gasteiger partial charge >= 0.3 is 0 Å². The molecule has 2 aromatic rings. The first-order valence-corrected chi connectivity index (χ1v) is 10.7. The van der Waals surface area contributed by atoms with Crippen LogP contribution in [0.5, 0.6) is 17.2 Å². The molecule has 0 atom stereocenters. The molecular formula is C24H32N2O3. The minimum atomic E-state index is 0.332. The molecule has 0 aromatic heterocycles. The van der Waals surface area contributed by atoms with Gasteiger partial charge in [-0.05, 0) is 55.5 Å². The van der Waals surface area contributed by atoms with Crippen molar-refractivity contribution in [3.63, 3.8) is 0 Å². The number of hydrogen-bond acceptors (Lipinski definition) is 5. The molecular weight excluding hydrogens is 364 g/mol. The molecule has 5 nitrogen and oxygen atoms in total. The molecule has 0 radical (unpaired) electrons. The zero-order valence-corrected chi connectivity index (χ0v) is 17.6. The maximum Gasteiger partial charge on any atom is 0.163 e. The SMILES string of the molecule is COc1cccc(CN2CCN(c3ccc(OC)c(OC4CCCC4)c3)CC2)c1. The van der Waals surface area contributed by atoms with Crippen molar-refractivity contribution in [1.82, 2.24) is 4.90 Å². The van der Waals surface area contributed by atoms with Crippen LogP contribution in [0.2, 0.25) is 0 Å². The van der Waals surface area contributed by atoms with E-state index in [2.05, 4.69) is 40.1 Å². The molecule has 1 aliphatic heterocycles. The number of piperazine rings is 1. The van der Waals surface area contributed by atoms with Crippen molar-refractivity contribution >= 4 is 5.69 Å². The van der Waals surface area contributed by atoms with Crippen molar-refractivity contribution < 1.29 is 14.2 Å². The van der Waals surface area contributed by atoms with Crippen LogP contribution < -0.4 is 19.1 Å². The predicted molar refractivity (Wildman–Crippen MR) is 116 cm³/mol. The highest BCUT2D eigenvalue weighted by Crippen LogP contribution is 2.35. The fourth-order valence-corrected chi connectivity index (χ4v) is 4.33. The molecule has 2 aromatic carbocycles. The summed E-state index contributed by atoms with van der Waals surface area (Å²) in [7, 11) is 3.44. The van der Waals surface area contributed by atoms with Crippen molar-refractivity contribution in [2.75, 3.05) is 45.3 Å². The molecule has 1 aliphatic carbocycles. The van der Waals surface area contributed by atoms with Gasteiger partial charge in [-0.3, -0.25) is 4.90 Å². The molecule has 0 amide bonds. The number of rotatable bonds is 7. The lowest BCUT2D eigenvalue weighted by atomic mass is 10.1. The number of hydrogen-bond donors (Lipinski definition) is 0. The van der Waals surface area contributed by atoms with Crippen molar-refractivity contribution in [2.24, 2.45) is 0 Å². The van der Waals surface area contributed by atoms with Crippen LogP contribution in [0, 0.1) is 0 Å². The van der Waals surface area contributed by atoms with Gasteiger partial charge in [-0.2, -0.15) is 0 Å². The Hall–Kier alpha value is -2.40. The first kappa shape index (κ1) is 19.9. The molecule has 1 heterocycles. The Labute approximate surface area is 174 Å². The molecule has 1 saturated carbocycles. The van der Waals surface area contributed by atoms with Crippen LogP contribution in [0.1, 0.15) is 31.2 Å². The van der Waals surface area contributed by atoms with Crippen molar-refractivity contribution in [3.05, 3.63) is 48.0 Å². The summed E-state index contributed by atoms with van der Waals surface area (Å²) < 4.78 is 17.2. The average molecular weight is 397 g/mol. The number of nitrogens with zero attached hydrogens (tertiary/aromatic N) is 2. The fraction of sp³-hybridized carbons (Fsp3) is 0.500. The van der Waals surface area contributed by atoms with E-state index in [0.717, 1.165) is 62.8 Å². The van der Waals surface area contributed by atoms with Crippen LogP contribution in [-0.4, -0.2) is 51.4 Å². The summed E-state index contributed by atoms with van der Waals surface area (Å²) in [6, 6.07) is 14.7. The second kappa shape index (κ2) is 9.40. The molecule has 0 unspecified atom stereocenters. The molecule has 0 N–H and O–H groups in total. The molecule has 1 saturated heterocycles. The van der Waals surface area contributed by atoms with Crippen LogP contribution in [0.4, 0.5) is 5.69 Å². The van der Waals surface area contributed by atoms with Gasteiger partial charge in [0.15, 0.2) is 11.5 Å². The van der Waals surface area contributed by atoms with Crippen molar-refractivity contribution in [3.8, 4) is 17.2 Å². The standard InChI is InChI=1S/C24H32N2O3/c1-27-22-9-5-6-19(16-22)18-25-12-14-26(15-13-25)20-10-11-23(28-2)24(17-20)29-21-7-3-4-8-21/h5-6,9-11,16-17,21H,3-4,7-8,12-15,18H2,1-2H3. The Morgan fingerprint density at radius 2 is 1.66 bits per heavy atom. The molecule has 5 heteroatoms. The van der Waals surface area contributed by atoms with Crippen LogP contribution in [0.25, 0.3) is 0 Å². The van der Waals surface area contributed by atoms with Gasteiger partial charge in [0, 0.05) is 44.5 Å². The monoisotopic (exact) mass is 396 g/mol. The summed E-state index contributed by atoms with van der Waals surface area (Å²) in [6.45, 7) is 5.08. The quantitative estimate of drug-likeness (QED) is 0.695. The van der Waals surface area contributed by atoms with Gasteiger partial charge in [0.25, 0.3) is 0 Å². The lowest BCUT2D eigenvalue weighted by Gasteiger charge is -2.36. The zero-order valence-electron chi connectivity index (χ0n) is 17.6. The lowest BCUT2D eigenvalue weighted by molar-refractivity contribution is 0.200. The van der Waals surface area contributed by atoms with Crippen molar-refractivity contribution in [2.45, 2.75) is 38.3 Å². The van der Waals surface area contributed by atoms with Crippen LogP contribution in [0.3, 0.4) is 0 Å². The van der Waals surface area contributed by atoms with Crippen LogP contribution >= 0.6 is 0 Å². The van der Waals surface area contributed by atoms with Gasteiger partial charge in [-0.15, -0.1) is 0 Å². The second-order valence-electron chi connectivity index (χ2n) is 7.97. The molecule has 2 fully saturated rings. The van der Waals surface area contributed by atoms with Gasteiger partial charge < -0.3 is 19.1 Å². The molecule has 0 spiro atoms. The maximum absolute atomic E-state index is 6.28. The van der Waals surface area contributed by atoms with Gasteiger partial charge in [-0.1, -0.05) is 12.1 Å². The molecule has 4 rings (SSSR count). The highest BCUT2D eigenvalue weighted by Gasteiger charge is 2.21. The summed E-state index contributed by atoms with van der Waals surface area (Å²) in [5, 5.41) is 0. The van der Waals surface area contributed by atoms with Crippen LogP contribution in [0.15, 0.2) is 42.5 Å². The second-order valence-corrected chi connectivity index (χ2v) is 7.97. The Balaban J connectivity index is 1.37. The van der Waals surface area contributed by atoms with E-state index in [1.54, 1.807) is 14.2 Å². The predicted octanol–water partition coefficient (Wildman–Crippen LogP) is 4.35. The smallest absolute Gasteiger partial charge is 0.163 e. The molecule has 29 heavy (non-hydrogen) atoms. The molecule has 2 aliphatic rings. The largest absolute Gasteiger partial charge is 0.497 e. The summed E-state index contributed by atoms with van der Waals surface area (Å²) in [5.74, 6) is 2.64. The Morgan fingerprint density at radius 1 is 0.862 bits per heavy atom. The number of anilines is 1. The number of benzene rings is 2. The van der Waals surface area contributed by atoms with E-state index in [9.17, 15) is 0 Å². The summed E-state index contributed by atoms with van der Waals surface area (Å²) >= 11 is 0. The third-order valence-electron chi connectivity index (χ3n) is 6.02. The zero-order chi connectivity index (χ0) is 20.1. The van der Waals surface area contributed by atoms with Crippen molar-refractivity contribution in [1.29, 1.82) is 0 Å². The third kappa shape index (κ3) is 4.96. The van der Waals surface area contributed by atoms with Gasteiger partial charge in [0.1, 0.15) is 5.75 Å². The summed E-state index contributed by atoms with van der Waals surface area (Å²) in [6.07, 6.45) is 5.16. The fourth-order valence-electron chi connectivity index (χ4n) is 4.33.